The molecule has 0 radical (unpaired) electrons. The second kappa shape index (κ2) is 7.06. The van der Waals surface area contributed by atoms with E-state index in [-0.39, 0.29) is 0 Å². The van der Waals surface area contributed by atoms with Gasteiger partial charge in [-0.2, -0.15) is 0 Å². The molecule has 20 heavy (non-hydrogen) atoms. The SMILES string of the molecule is CCCCN(CC1CCCN1)C1CCCc2sccc21. The third-order valence-corrected chi connectivity index (χ3v) is 5.87. The molecule has 0 bridgehead atoms. The van der Waals surface area contributed by atoms with Crippen molar-refractivity contribution in [2.75, 3.05) is 19.6 Å². The van der Waals surface area contributed by atoms with Crippen LogP contribution in [-0.4, -0.2) is 30.6 Å². The van der Waals surface area contributed by atoms with Gasteiger partial charge in [0.1, 0.15) is 0 Å². The number of nitrogens with one attached hydrogen (secondary N) is 1. The van der Waals surface area contributed by atoms with Crippen molar-refractivity contribution in [2.24, 2.45) is 0 Å². The Balaban J connectivity index is 1.71. The quantitative estimate of drug-likeness (QED) is 0.853. The number of rotatable bonds is 6. The molecule has 112 valence electrons. The van der Waals surface area contributed by atoms with Gasteiger partial charge in [0, 0.05) is 23.5 Å². The predicted octanol–water partition coefficient (Wildman–Crippen LogP) is 3.98. The van der Waals surface area contributed by atoms with E-state index in [2.05, 4.69) is 28.6 Å². The summed E-state index contributed by atoms with van der Waals surface area (Å²) in [5.74, 6) is 0. The van der Waals surface area contributed by atoms with E-state index in [0.29, 0.717) is 6.04 Å². The van der Waals surface area contributed by atoms with Gasteiger partial charge in [-0.25, -0.2) is 0 Å². The van der Waals surface area contributed by atoms with Gasteiger partial charge in [0.25, 0.3) is 0 Å². The van der Waals surface area contributed by atoms with Crippen LogP contribution in [0, 0.1) is 0 Å². The standard InChI is InChI=1S/C17H28N2S/c1-2-3-11-19(13-14-6-5-10-18-14)16-7-4-8-17-15(16)9-12-20-17/h9,12,14,16,18H,2-8,10-11,13H2,1H3. The highest BCUT2D eigenvalue weighted by atomic mass is 32.1. The van der Waals surface area contributed by atoms with Crippen LogP contribution in [0.25, 0.3) is 0 Å². The lowest BCUT2D eigenvalue weighted by molar-refractivity contribution is 0.162. The molecule has 3 heteroatoms. The number of hydrogen-bond acceptors (Lipinski definition) is 3. The fourth-order valence-corrected chi connectivity index (χ4v) is 4.75. The normalized spacial score (nSPS) is 26.1. The van der Waals surface area contributed by atoms with E-state index in [1.54, 1.807) is 10.4 Å². The Labute approximate surface area is 127 Å². The average molecular weight is 292 g/mol. The summed E-state index contributed by atoms with van der Waals surface area (Å²) < 4.78 is 0. The van der Waals surface area contributed by atoms with Crippen LogP contribution in [0.15, 0.2) is 11.4 Å². The van der Waals surface area contributed by atoms with Crippen molar-refractivity contribution in [1.82, 2.24) is 10.2 Å². The van der Waals surface area contributed by atoms with Gasteiger partial charge in [-0.3, -0.25) is 4.90 Å². The third-order valence-electron chi connectivity index (χ3n) is 4.88. The molecule has 0 saturated carbocycles. The second-order valence-electron chi connectivity index (χ2n) is 6.35. The zero-order valence-electron chi connectivity index (χ0n) is 12.7. The smallest absolute Gasteiger partial charge is 0.0359 e. The maximum absolute atomic E-state index is 3.68. The van der Waals surface area contributed by atoms with E-state index in [9.17, 15) is 0 Å². The third kappa shape index (κ3) is 3.26. The Morgan fingerprint density at radius 3 is 3.10 bits per heavy atom. The first kappa shape index (κ1) is 14.6. The molecule has 2 unspecified atom stereocenters. The molecule has 1 aliphatic heterocycles. The first-order chi connectivity index (χ1) is 9.88. The van der Waals surface area contributed by atoms with Crippen LogP contribution in [-0.2, 0) is 6.42 Å². The van der Waals surface area contributed by atoms with Crippen molar-refractivity contribution in [3.8, 4) is 0 Å². The van der Waals surface area contributed by atoms with E-state index in [4.69, 9.17) is 0 Å². The molecular formula is C17H28N2S. The Morgan fingerprint density at radius 2 is 2.30 bits per heavy atom. The minimum Gasteiger partial charge on any atom is -0.313 e. The summed E-state index contributed by atoms with van der Waals surface area (Å²) in [7, 11) is 0. The zero-order valence-corrected chi connectivity index (χ0v) is 13.6. The molecule has 1 fully saturated rings. The van der Waals surface area contributed by atoms with Crippen molar-refractivity contribution in [2.45, 2.75) is 64.0 Å². The fourth-order valence-electron chi connectivity index (χ4n) is 3.77. The van der Waals surface area contributed by atoms with Gasteiger partial charge in [-0.05, 0) is 68.6 Å². The molecule has 0 aromatic carbocycles. The Kier molecular flexibility index (Phi) is 5.14. The largest absolute Gasteiger partial charge is 0.313 e. The molecule has 3 rings (SSSR count). The van der Waals surface area contributed by atoms with E-state index in [1.165, 1.54) is 64.6 Å². The van der Waals surface area contributed by atoms with E-state index >= 15 is 0 Å². The van der Waals surface area contributed by atoms with Crippen LogP contribution >= 0.6 is 11.3 Å². The lowest BCUT2D eigenvalue weighted by atomic mass is 9.92. The maximum Gasteiger partial charge on any atom is 0.0359 e. The molecule has 1 N–H and O–H groups in total. The van der Waals surface area contributed by atoms with Crippen molar-refractivity contribution < 1.29 is 0 Å². The topological polar surface area (TPSA) is 15.3 Å². The molecule has 2 atom stereocenters. The molecule has 1 aromatic rings. The molecule has 0 amide bonds. The Bertz CT molecular complexity index is 409. The van der Waals surface area contributed by atoms with Gasteiger partial charge in [0.2, 0.25) is 0 Å². The Hall–Kier alpha value is -0.380. The first-order valence-electron chi connectivity index (χ1n) is 8.42. The predicted molar refractivity (Wildman–Crippen MR) is 87.5 cm³/mol. The summed E-state index contributed by atoms with van der Waals surface area (Å²) >= 11 is 1.97. The minimum atomic E-state index is 0.693. The van der Waals surface area contributed by atoms with E-state index < -0.39 is 0 Å². The van der Waals surface area contributed by atoms with Crippen molar-refractivity contribution in [3.63, 3.8) is 0 Å². The highest BCUT2D eigenvalue weighted by Gasteiger charge is 2.28. The molecule has 0 spiro atoms. The van der Waals surface area contributed by atoms with Crippen LogP contribution in [0.1, 0.15) is 61.9 Å². The van der Waals surface area contributed by atoms with Crippen molar-refractivity contribution in [3.05, 3.63) is 21.9 Å². The number of nitrogens with zero attached hydrogens (tertiary/aromatic N) is 1. The molecule has 1 aliphatic carbocycles. The number of aryl methyl sites for hydroxylation is 1. The van der Waals surface area contributed by atoms with Crippen LogP contribution in [0.2, 0.25) is 0 Å². The van der Waals surface area contributed by atoms with Gasteiger partial charge in [-0.15, -0.1) is 11.3 Å². The molecule has 2 nitrogen and oxygen atoms in total. The average Bonchev–Trinajstić information content (AvgIpc) is 3.13. The summed E-state index contributed by atoms with van der Waals surface area (Å²) in [6, 6.07) is 3.82. The number of hydrogen-bond donors (Lipinski definition) is 1. The first-order valence-corrected chi connectivity index (χ1v) is 9.30. The maximum atomic E-state index is 3.68. The van der Waals surface area contributed by atoms with Gasteiger partial charge in [0.05, 0.1) is 0 Å². The highest BCUT2D eigenvalue weighted by molar-refractivity contribution is 7.10. The molecular weight excluding hydrogens is 264 g/mol. The summed E-state index contributed by atoms with van der Waals surface area (Å²) in [5, 5.41) is 5.98. The fraction of sp³-hybridized carbons (Fsp3) is 0.765. The van der Waals surface area contributed by atoms with Crippen LogP contribution in [0.4, 0.5) is 0 Å². The zero-order chi connectivity index (χ0) is 13.8. The van der Waals surface area contributed by atoms with Gasteiger partial charge >= 0.3 is 0 Å². The van der Waals surface area contributed by atoms with E-state index in [0.717, 1.165) is 6.04 Å². The van der Waals surface area contributed by atoms with Crippen LogP contribution in [0.5, 0.6) is 0 Å². The molecule has 1 aromatic heterocycles. The lowest BCUT2D eigenvalue weighted by Crippen LogP contribution is -2.41. The number of thiophene rings is 1. The van der Waals surface area contributed by atoms with Gasteiger partial charge in [-0.1, -0.05) is 13.3 Å². The molecule has 2 heterocycles. The number of fused-ring (bicyclic) bond motifs is 1. The summed E-state index contributed by atoms with van der Waals surface area (Å²) in [6.45, 7) is 6.05. The summed E-state index contributed by atoms with van der Waals surface area (Å²) in [5.41, 5.74) is 1.65. The highest BCUT2D eigenvalue weighted by Crippen LogP contribution is 2.37. The molecule has 2 aliphatic rings. The Morgan fingerprint density at radius 1 is 1.35 bits per heavy atom. The van der Waals surface area contributed by atoms with Crippen LogP contribution < -0.4 is 5.32 Å². The van der Waals surface area contributed by atoms with Gasteiger partial charge < -0.3 is 5.32 Å². The van der Waals surface area contributed by atoms with Crippen molar-refractivity contribution >= 4 is 11.3 Å². The summed E-state index contributed by atoms with van der Waals surface area (Å²) in [4.78, 5) is 4.44. The monoisotopic (exact) mass is 292 g/mol. The van der Waals surface area contributed by atoms with E-state index in [1.807, 2.05) is 11.3 Å². The lowest BCUT2D eigenvalue weighted by Gasteiger charge is -2.36. The minimum absolute atomic E-state index is 0.693. The number of unbranched alkanes of at least 4 members (excludes halogenated alkanes) is 1. The molecule has 1 saturated heterocycles. The van der Waals surface area contributed by atoms with Crippen molar-refractivity contribution in [1.29, 1.82) is 0 Å². The van der Waals surface area contributed by atoms with Crippen LogP contribution in [0.3, 0.4) is 0 Å². The van der Waals surface area contributed by atoms with Gasteiger partial charge in [0.15, 0.2) is 0 Å². The second-order valence-corrected chi connectivity index (χ2v) is 7.35. The summed E-state index contributed by atoms with van der Waals surface area (Å²) in [6.07, 6.45) is 9.42.